The average Bonchev–Trinajstić information content (AvgIpc) is 2.95. The van der Waals surface area contributed by atoms with E-state index < -0.39 is 0 Å². The van der Waals surface area contributed by atoms with E-state index in [2.05, 4.69) is 5.32 Å². The highest BCUT2D eigenvalue weighted by Gasteiger charge is 2.32. The van der Waals surface area contributed by atoms with Crippen molar-refractivity contribution in [2.75, 3.05) is 6.54 Å². The molecule has 1 aliphatic rings. The summed E-state index contributed by atoms with van der Waals surface area (Å²) >= 11 is 0. The third kappa shape index (κ3) is 4.46. The van der Waals surface area contributed by atoms with Crippen LogP contribution in [0.15, 0.2) is 24.3 Å². The molecule has 1 amide bonds. The van der Waals surface area contributed by atoms with Crippen molar-refractivity contribution in [2.24, 2.45) is 17.6 Å². The molecule has 1 aliphatic carbocycles. The first-order valence-corrected chi connectivity index (χ1v) is 7.88. The fourth-order valence-corrected chi connectivity index (χ4v) is 3.13. The number of hydrogen-bond donors (Lipinski definition) is 3. The average molecular weight is 290 g/mol. The van der Waals surface area contributed by atoms with E-state index in [-0.39, 0.29) is 23.6 Å². The molecule has 4 heteroatoms. The lowest BCUT2D eigenvalue weighted by Crippen LogP contribution is -2.40. The number of aromatic hydroxyl groups is 1. The Balaban J connectivity index is 1.77. The lowest BCUT2D eigenvalue weighted by molar-refractivity contribution is -0.126. The maximum absolute atomic E-state index is 12.3. The highest BCUT2D eigenvalue weighted by atomic mass is 16.3. The van der Waals surface area contributed by atoms with Crippen molar-refractivity contribution in [2.45, 2.75) is 45.1 Å². The molecule has 1 aromatic rings. The smallest absolute Gasteiger partial charge is 0.223 e. The summed E-state index contributed by atoms with van der Waals surface area (Å²) in [5, 5.41) is 12.4. The van der Waals surface area contributed by atoms with E-state index in [1.54, 1.807) is 12.1 Å². The number of rotatable bonds is 6. The van der Waals surface area contributed by atoms with Gasteiger partial charge in [0.05, 0.1) is 0 Å². The molecule has 1 aromatic carbocycles. The van der Waals surface area contributed by atoms with E-state index in [9.17, 15) is 9.90 Å². The summed E-state index contributed by atoms with van der Waals surface area (Å²) in [5.74, 6) is 0.913. The molecule has 3 atom stereocenters. The van der Waals surface area contributed by atoms with Gasteiger partial charge in [-0.3, -0.25) is 4.79 Å². The summed E-state index contributed by atoms with van der Waals surface area (Å²) in [4.78, 5) is 12.3. The zero-order valence-electron chi connectivity index (χ0n) is 12.7. The summed E-state index contributed by atoms with van der Waals surface area (Å²) in [5.41, 5.74) is 6.91. The SMILES string of the molecule is CC(CCc1ccc(O)cc1)NC(=O)C1CCCC1CN. The van der Waals surface area contributed by atoms with Crippen molar-refractivity contribution in [3.8, 4) is 5.75 Å². The van der Waals surface area contributed by atoms with Crippen LogP contribution in [0.2, 0.25) is 0 Å². The van der Waals surface area contributed by atoms with Crippen molar-refractivity contribution >= 4 is 5.91 Å². The predicted molar refractivity (Wildman–Crippen MR) is 83.9 cm³/mol. The number of carbonyl (C=O) groups is 1. The monoisotopic (exact) mass is 290 g/mol. The van der Waals surface area contributed by atoms with Gasteiger partial charge in [-0.2, -0.15) is 0 Å². The van der Waals surface area contributed by atoms with Crippen LogP contribution in [0.25, 0.3) is 0 Å². The van der Waals surface area contributed by atoms with E-state index in [1.165, 1.54) is 5.56 Å². The van der Waals surface area contributed by atoms with Gasteiger partial charge in [0, 0.05) is 12.0 Å². The molecular formula is C17H26N2O2. The van der Waals surface area contributed by atoms with Crippen molar-refractivity contribution < 1.29 is 9.90 Å². The van der Waals surface area contributed by atoms with Crippen molar-refractivity contribution in [3.05, 3.63) is 29.8 Å². The molecular weight excluding hydrogens is 264 g/mol. The first-order chi connectivity index (χ1) is 10.1. The second-order valence-corrected chi connectivity index (χ2v) is 6.15. The maximum Gasteiger partial charge on any atom is 0.223 e. The van der Waals surface area contributed by atoms with Gasteiger partial charge in [-0.05, 0) is 62.8 Å². The second-order valence-electron chi connectivity index (χ2n) is 6.15. The van der Waals surface area contributed by atoms with Crippen LogP contribution in [0.3, 0.4) is 0 Å². The van der Waals surface area contributed by atoms with Gasteiger partial charge in [-0.25, -0.2) is 0 Å². The molecule has 2 rings (SSSR count). The molecule has 3 unspecified atom stereocenters. The highest BCUT2D eigenvalue weighted by molar-refractivity contribution is 5.79. The Morgan fingerprint density at radius 2 is 2.10 bits per heavy atom. The minimum atomic E-state index is 0.103. The molecule has 116 valence electrons. The van der Waals surface area contributed by atoms with Crippen LogP contribution in [0.1, 0.15) is 38.2 Å². The Morgan fingerprint density at radius 1 is 1.38 bits per heavy atom. The number of phenols is 1. The van der Waals surface area contributed by atoms with Crippen LogP contribution < -0.4 is 11.1 Å². The topological polar surface area (TPSA) is 75.3 Å². The van der Waals surface area contributed by atoms with Crippen LogP contribution in [0.5, 0.6) is 5.75 Å². The molecule has 1 fully saturated rings. The first-order valence-electron chi connectivity index (χ1n) is 7.88. The fraction of sp³-hybridized carbons (Fsp3) is 0.588. The van der Waals surface area contributed by atoms with Crippen LogP contribution in [-0.2, 0) is 11.2 Å². The fourth-order valence-electron chi connectivity index (χ4n) is 3.13. The molecule has 0 spiro atoms. The van der Waals surface area contributed by atoms with Gasteiger partial charge in [-0.15, -0.1) is 0 Å². The summed E-state index contributed by atoms with van der Waals surface area (Å²) in [6.45, 7) is 2.66. The van der Waals surface area contributed by atoms with Gasteiger partial charge in [-0.1, -0.05) is 18.6 Å². The van der Waals surface area contributed by atoms with Gasteiger partial charge in [0.25, 0.3) is 0 Å². The molecule has 0 aliphatic heterocycles. The lowest BCUT2D eigenvalue weighted by Gasteiger charge is -2.21. The zero-order valence-corrected chi connectivity index (χ0v) is 12.7. The molecule has 4 N–H and O–H groups in total. The van der Waals surface area contributed by atoms with Gasteiger partial charge < -0.3 is 16.2 Å². The predicted octanol–water partition coefficient (Wildman–Crippen LogP) is 2.20. The first kappa shape index (κ1) is 15.8. The van der Waals surface area contributed by atoms with Crippen molar-refractivity contribution in [3.63, 3.8) is 0 Å². The molecule has 0 bridgehead atoms. The van der Waals surface area contributed by atoms with Crippen LogP contribution in [0.4, 0.5) is 0 Å². The normalized spacial score (nSPS) is 23.0. The zero-order chi connectivity index (χ0) is 15.2. The molecule has 21 heavy (non-hydrogen) atoms. The number of amides is 1. The Kier molecular flexibility index (Phi) is 5.62. The third-order valence-corrected chi connectivity index (χ3v) is 4.49. The van der Waals surface area contributed by atoms with Crippen molar-refractivity contribution in [1.82, 2.24) is 5.32 Å². The van der Waals surface area contributed by atoms with Gasteiger partial charge in [0.15, 0.2) is 0 Å². The summed E-state index contributed by atoms with van der Waals surface area (Å²) in [7, 11) is 0. The van der Waals surface area contributed by atoms with Gasteiger partial charge >= 0.3 is 0 Å². The van der Waals surface area contributed by atoms with E-state index in [0.29, 0.717) is 12.5 Å². The summed E-state index contributed by atoms with van der Waals surface area (Å²) in [6, 6.07) is 7.40. The quantitative estimate of drug-likeness (QED) is 0.752. The Bertz CT molecular complexity index is 458. The molecule has 4 nitrogen and oxygen atoms in total. The molecule has 0 radical (unpaired) electrons. The van der Waals surface area contributed by atoms with Gasteiger partial charge in [0.1, 0.15) is 5.75 Å². The third-order valence-electron chi connectivity index (χ3n) is 4.49. The number of aryl methyl sites for hydroxylation is 1. The summed E-state index contributed by atoms with van der Waals surface area (Å²) < 4.78 is 0. The molecule has 0 aromatic heterocycles. The molecule has 0 heterocycles. The molecule has 0 saturated heterocycles. The minimum Gasteiger partial charge on any atom is -0.508 e. The Hall–Kier alpha value is -1.55. The number of phenolic OH excluding ortho intramolecular Hbond substituents is 1. The number of nitrogens with two attached hydrogens (primary N) is 1. The molecule has 1 saturated carbocycles. The number of hydrogen-bond acceptors (Lipinski definition) is 3. The van der Waals surface area contributed by atoms with E-state index >= 15 is 0 Å². The van der Waals surface area contributed by atoms with Crippen LogP contribution in [-0.4, -0.2) is 23.6 Å². The second kappa shape index (κ2) is 7.46. The van der Waals surface area contributed by atoms with Crippen LogP contribution >= 0.6 is 0 Å². The maximum atomic E-state index is 12.3. The number of nitrogens with one attached hydrogen (secondary N) is 1. The van der Waals surface area contributed by atoms with E-state index in [0.717, 1.165) is 32.1 Å². The number of benzene rings is 1. The summed E-state index contributed by atoms with van der Waals surface area (Å²) in [6.07, 6.45) is 4.96. The highest BCUT2D eigenvalue weighted by Crippen LogP contribution is 2.31. The Labute approximate surface area is 126 Å². The largest absolute Gasteiger partial charge is 0.508 e. The van der Waals surface area contributed by atoms with E-state index in [4.69, 9.17) is 5.73 Å². The standard InChI is InChI=1S/C17H26N2O2/c1-12(5-6-13-7-9-15(20)10-8-13)19-17(21)16-4-2-3-14(16)11-18/h7-10,12,14,16,20H,2-6,11,18H2,1H3,(H,19,21). The van der Waals surface area contributed by atoms with E-state index in [1.807, 2.05) is 19.1 Å². The van der Waals surface area contributed by atoms with Gasteiger partial charge in [0.2, 0.25) is 5.91 Å². The van der Waals surface area contributed by atoms with Crippen LogP contribution in [0, 0.1) is 11.8 Å². The van der Waals surface area contributed by atoms with Crippen molar-refractivity contribution in [1.29, 1.82) is 0 Å². The Morgan fingerprint density at radius 3 is 2.76 bits per heavy atom. The minimum absolute atomic E-state index is 0.103. The number of carbonyl (C=O) groups excluding carboxylic acids is 1. The lowest BCUT2D eigenvalue weighted by atomic mass is 9.95.